The first-order chi connectivity index (χ1) is 13.6. The molecule has 8 heteroatoms. The van der Waals surface area contributed by atoms with Crippen molar-refractivity contribution >= 4 is 22.6 Å². The Kier molecular flexibility index (Phi) is 5.59. The van der Waals surface area contributed by atoms with Gasteiger partial charge in [0.1, 0.15) is 0 Å². The van der Waals surface area contributed by atoms with Crippen molar-refractivity contribution < 1.29 is 9.53 Å². The molecule has 2 aliphatic heterocycles. The predicted octanol–water partition coefficient (Wildman–Crippen LogP) is 0.917. The number of H-pyrrole nitrogens is 1. The molecule has 1 amide bonds. The van der Waals surface area contributed by atoms with E-state index in [0.717, 1.165) is 37.8 Å². The molecule has 2 aromatic heterocycles. The number of pyridine rings is 2. The maximum atomic E-state index is 12.9. The van der Waals surface area contributed by atoms with Crippen LogP contribution in [0, 0.1) is 12.8 Å². The lowest BCUT2D eigenvalue weighted by Crippen LogP contribution is -2.53. The van der Waals surface area contributed by atoms with Gasteiger partial charge < -0.3 is 25.7 Å². The Bertz CT molecular complexity index is 906. The number of nitrogens with one attached hydrogen (secondary N) is 4. The molecule has 2 aliphatic rings. The molecule has 0 spiro atoms. The molecule has 0 unspecified atom stereocenters. The smallest absolute Gasteiger partial charge is 0.251 e. The zero-order valence-electron chi connectivity index (χ0n) is 16.1. The molecular weight excluding hydrogens is 358 g/mol. The van der Waals surface area contributed by atoms with E-state index in [1.165, 1.54) is 0 Å². The molecule has 2 fully saturated rings. The van der Waals surface area contributed by atoms with Crippen LogP contribution in [0.15, 0.2) is 23.1 Å². The molecule has 0 aliphatic carbocycles. The number of aryl methyl sites for hydroxylation is 1. The fraction of sp³-hybridized carbons (Fsp3) is 0.550. The molecular formula is C20H27N5O3. The molecule has 28 heavy (non-hydrogen) atoms. The summed E-state index contributed by atoms with van der Waals surface area (Å²) in [6.45, 7) is 4.57. The maximum absolute atomic E-state index is 12.9. The van der Waals surface area contributed by atoms with E-state index in [9.17, 15) is 9.59 Å². The number of amides is 1. The second-order valence-corrected chi connectivity index (χ2v) is 7.68. The van der Waals surface area contributed by atoms with Gasteiger partial charge in [-0.15, -0.1) is 0 Å². The quantitative estimate of drug-likeness (QED) is 0.623. The van der Waals surface area contributed by atoms with Crippen molar-refractivity contribution in [1.29, 1.82) is 0 Å². The summed E-state index contributed by atoms with van der Waals surface area (Å²) >= 11 is 0. The highest BCUT2D eigenvalue weighted by Crippen LogP contribution is 2.23. The number of fused-ring (bicyclic) bond motifs is 1. The second kappa shape index (κ2) is 8.28. The van der Waals surface area contributed by atoms with Gasteiger partial charge in [0.25, 0.3) is 5.56 Å². The number of piperidine rings is 1. The van der Waals surface area contributed by atoms with Gasteiger partial charge in [-0.2, -0.15) is 0 Å². The Labute approximate surface area is 163 Å². The van der Waals surface area contributed by atoms with E-state index >= 15 is 0 Å². The van der Waals surface area contributed by atoms with Gasteiger partial charge in [0, 0.05) is 36.3 Å². The summed E-state index contributed by atoms with van der Waals surface area (Å²) in [7, 11) is 0. The van der Waals surface area contributed by atoms with Crippen LogP contribution in [0.2, 0.25) is 0 Å². The highest BCUT2D eigenvalue weighted by molar-refractivity contribution is 5.89. The first-order valence-electron chi connectivity index (χ1n) is 9.96. The second-order valence-electron chi connectivity index (χ2n) is 7.68. The summed E-state index contributed by atoms with van der Waals surface area (Å²) in [6, 6.07) is 3.75. The van der Waals surface area contributed by atoms with Crippen molar-refractivity contribution in [1.82, 2.24) is 20.6 Å². The van der Waals surface area contributed by atoms with E-state index in [4.69, 9.17) is 4.74 Å². The van der Waals surface area contributed by atoms with Crippen molar-refractivity contribution in [3.05, 3.63) is 34.2 Å². The predicted molar refractivity (Wildman–Crippen MR) is 107 cm³/mol. The van der Waals surface area contributed by atoms with Crippen LogP contribution in [0.1, 0.15) is 24.8 Å². The van der Waals surface area contributed by atoms with Crippen molar-refractivity contribution in [2.45, 2.75) is 38.3 Å². The molecule has 0 bridgehead atoms. The van der Waals surface area contributed by atoms with Gasteiger partial charge in [0.2, 0.25) is 5.91 Å². The molecule has 4 N–H and O–H groups in total. The number of hydrogen-bond acceptors (Lipinski definition) is 6. The number of hydrogen-bond donors (Lipinski definition) is 4. The Morgan fingerprint density at radius 1 is 1.36 bits per heavy atom. The van der Waals surface area contributed by atoms with Gasteiger partial charge in [0.05, 0.1) is 24.1 Å². The number of aromatic amines is 1. The zero-order chi connectivity index (χ0) is 19.5. The summed E-state index contributed by atoms with van der Waals surface area (Å²) in [5.74, 6) is 0.426. The van der Waals surface area contributed by atoms with Crippen LogP contribution < -0.4 is 21.5 Å². The number of carbonyl (C=O) groups is 1. The van der Waals surface area contributed by atoms with E-state index in [0.29, 0.717) is 30.0 Å². The van der Waals surface area contributed by atoms with Crippen LogP contribution in [0.5, 0.6) is 0 Å². The number of carbonyl (C=O) groups excluding carboxylic acids is 1. The average Bonchev–Trinajstić information content (AvgIpc) is 2.70. The summed E-state index contributed by atoms with van der Waals surface area (Å²) in [5.41, 5.74) is 1.22. The number of aromatic nitrogens is 2. The largest absolute Gasteiger partial charge is 0.379 e. The lowest BCUT2D eigenvalue weighted by Gasteiger charge is -2.34. The first kappa shape index (κ1) is 18.9. The Hall–Kier alpha value is -2.45. The molecule has 0 saturated carbocycles. The van der Waals surface area contributed by atoms with E-state index in [1.54, 1.807) is 13.1 Å². The zero-order valence-corrected chi connectivity index (χ0v) is 16.1. The van der Waals surface area contributed by atoms with E-state index in [1.807, 2.05) is 12.1 Å². The maximum Gasteiger partial charge on any atom is 0.251 e. The van der Waals surface area contributed by atoms with E-state index in [2.05, 4.69) is 25.9 Å². The van der Waals surface area contributed by atoms with Gasteiger partial charge in [-0.05, 0) is 44.9 Å². The SMILES string of the molecule is Cc1cc2ccnc(N[C@@H]3CCNC[C@H]3C(=O)N[C@@H]3CCCOC3)c2[nH]c1=O. The molecule has 4 heterocycles. The molecule has 2 aromatic rings. The van der Waals surface area contributed by atoms with Crippen LogP contribution in [0.4, 0.5) is 5.82 Å². The normalized spacial score (nSPS) is 25.4. The molecule has 8 nitrogen and oxygen atoms in total. The van der Waals surface area contributed by atoms with Gasteiger partial charge in [-0.25, -0.2) is 4.98 Å². The van der Waals surface area contributed by atoms with Crippen LogP contribution >= 0.6 is 0 Å². The lowest BCUT2D eigenvalue weighted by atomic mass is 9.91. The molecule has 0 radical (unpaired) electrons. The molecule has 4 rings (SSSR count). The summed E-state index contributed by atoms with van der Waals surface area (Å²) < 4.78 is 5.47. The van der Waals surface area contributed by atoms with Gasteiger partial charge in [-0.1, -0.05) is 0 Å². The van der Waals surface area contributed by atoms with Crippen LogP contribution in [-0.2, 0) is 9.53 Å². The lowest BCUT2D eigenvalue weighted by molar-refractivity contribution is -0.127. The third-order valence-electron chi connectivity index (χ3n) is 5.60. The summed E-state index contributed by atoms with van der Waals surface area (Å²) in [4.78, 5) is 32.3. The fourth-order valence-corrected chi connectivity index (χ4v) is 3.99. The standard InChI is InChI=1S/C20H27N5O3/c1-12-9-13-4-7-22-18(17(13)25-19(12)26)24-16-5-6-21-10-15(16)20(27)23-14-3-2-8-28-11-14/h4,7,9,14-16,21H,2-3,5-6,8,10-11H2,1H3,(H,22,24)(H,23,27)(H,25,26)/t14-,15-,16-/m1/s1. The Balaban J connectivity index is 1.53. The molecule has 150 valence electrons. The van der Waals surface area contributed by atoms with Crippen molar-refractivity contribution in [2.24, 2.45) is 5.92 Å². The molecule has 3 atom stereocenters. The van der Waals surface area contributed by atoms with Crippen LogP contribution in [0.3, 0.4) is 0 Å². The van der Waals surface area contributed by atoms with Gasteiger partial charge in [-0.3, -0.25) is 9.59 Å². The van der Waals surface area contributed by atoms with Crippen LogP contribution in [-0.4, -0.2) is 54.3 Å². The summed E-state index contributed by atoms with van der Waals surface area (Å²) in [5, 5.41) is 10.8. The average molecular weight is 385 g/mol. The van der Waals surface area contributed by atoms with Crippen molar-refractivity contribution in [3.8, 4) is 0 Å². The highest BCUT2D eigenvalue weighted by atomic mass is 16.5. The molecule has 2 saturated heterocycles. The number of rotatable bonds is 4. The Morgan fingerprint density at radius 3 is 3.07 bits per heavy atom. The molecule has 0 aromatic carbocycles. The van der Waals surface area contributed by atoms with Gasteiger partial charge in [0.15, 0.2) is 5.82 Å². The topological polar surface area (TPSA) is 108 Å². The minimum absolute atomic E-state index is 0.0322. The Morgan fingerprint density at radius 2 is 2.25 bits per heavy atom. The monoisotopic (exact) mass is 385 g/mol. The minimum Gasteiger partial charge on any atom is -0.379 e. The van der Waals surface area contributed by atoms with Crippen molar-refractivity contribution in [2.75, 3.05) is 31.6 Å². The number of ether oxygens (including phenoxy) is 1. The first-order valence-corrected chi connectivity index (χ1v) is 9.96. The number of anilines is 1. The number of nitrogens with zero attached hydrogens (tertiary/aromatic N) is 1. The third-order valence-corrected chi connectivity index (χ3v) is 5.60. The van der Waals surface area contributed by atoms with Crippen LogP contribution in [0.25, 0.3) is 10.9 Å². The van der Waals surface area contributed by atoms with Crippen molar-refractivity contribution in [3.63, 3.8) is 0 Å². The fourth-order valence-electron chi connectivity index (χ4n) is 3.99. The highest BCUT2D eigenvalue weighted by Gasteiger charge is 2.33. The van der Waals surface area contributed by atoms with E-state index in [-0.39, 0.29) is 29.5 Å². The summed E-state index contributed by atoms with van der Waals surface area (Å²) in [6.07, 6.45) is 4.45. The third kappa shape index (κ3) is 4.02. The van der Waals surface area contributed by atoms with E-state index < -0.39 is 0 Å². The minimum atomic E-state index is -0.218. The van der Waals surface area contributed by atoms with Gasteiger partial charge >= 0.3 is 0 Å².